The zero-order valence-electron chi connectivity index (χ0n) is 12.2. The Labute approximate surface area is 142 Å². The van der Waals surface area contributed by atoms with Crippen LogP contribution in [0.3, 0.4) is 0 Å². The highest BCUT2D eigenvalue weighted by Crippen LogP contribution is 2.32. The van der Waals surface area contributed by atoms with Crippen LogP contribution in [-0.2, 0) is 6.42 Å². The predicted octanol–water partition coefficient (Wildman–Crippen LogP) is 5.87. The van der Waals surface area contributed by atoms with E-state index in [1.165, 1.54) is 10.1 Å². The summed E-state index contributed by atoms with van der Waals surface area (Å²) in [5, 5.41) is 4.20. The molecule has 0 atom stereocenters. The summed E-state index contributed by atoms with van der Waals surface area (Å²) in [5.41, 5.74) is 1.98. The molecule has 22 heavy (non-hydrogen) atoms. The molecular formula is C18H16BrNOS. The molecule has 1 heterocycles. The van der Waals surface area contributed by atoms with Gasteiger partial charge in [-0.1, -0.05) is 47.5 Å². The molecule has 0 radical (unpaired) electrons. The van der Waals surface area contributed by atoms with Gasteiger partial charge in [-0.15, -0.1) is 11.3 Å². The molecule has 4 heteroatoms. The Hall–Kier alpha value is -1.65. The van der Waals surface area contributed by atoms with Crippen LogP contribution in [0.5, 0.6) is 0 Å². The molecule has 0 unspecified atom stereocenters. The molecule has 2 nitrogen and oxygen atoms in total. The monoisotopic (exact) mass is 373 g/mol. The van der Waals surface area contributed by atoms with Gasteiger partial charge in [0.25, 0.3) is 5.91 Å². The van der Waals surface area contributed by atoms with Crippen molar-refractivity contribution >= 4 is 48.9 Å². The SMILES string of the molecule is CCCc1c(C(=O)Nc2ccc(Br)cc2)sc2ccccc12. The van der Waals surface area contributed by atoms with E-state index in [0.29, 0.717) is 0 Å². The first-order valence-corrected chi connectivity index (χ1v) is 8.87. The molecule has 0 spiro atoms. The third-order valence-corrected chi connectivity index (χ3v) is 5.25. The Kier molecular flexibility index (Phi) is 4.60. The molecule has 0 aliphatic heterocycles. The van der Waals surface area contributed by atoms with Gasteiger partial charge in [0, 0.05) is 14.9 Å². The zero-order valence-corrected chi connectivity index (χ0v) is 14.6. The van der Waals surface area contributed by atoms with E-state index in [1.54, 1.807) is 11.3 Å². The average Bonchev–Trinajstić information content (AvgIpc) is 2.89. The number of rotatable bonds is 4. The van der Waals surface area contributed by atoms with Gasteiger partial charge in [-0.2, -0.15) is 0 Å². The number of fused-ring (bicyclic) bond motifs is 1. The lowest BCUT2D eigenvalue weighted by Gasteiger charge is -2.06. The summed E-state index contributed by atoms with van der Waals surface area (Å²) < 4.78 is 2.17. The van der Waals surface area contributed by atoms with E-state index in [4.69, 9.17) is 0 Å². The van der Waals surface area contributed by atoms with E-state index in [9.17, 15) is 4.79 Å². The normalized spacial score (nSPS) is 10.8. The smallest absolute Gasteiger partial charge is 0.266 e. The lowest BCUT2D eigenvalue weighted by molar-refractivity contribution is 0.103. The summed E-state index contributed by atoms with van der Waals surface area (Å²) in [4.78, 5) is 13.5. The molecule has 112 valence electrons. The van der Waals surface area contributed by atoms with Gasteiger partial charge in [0.2, 0.25) is 0 Å². The van der Waals surface area contributed by atoms with Crippen LogP contribution in [0.1, 0.15) is 28.6 Å². The van der Waals surface area contributed by atoms with E-state index < -0.39 is 0 Å². The number of carbonyl (C=O) groups excluding carboxylic acids is 1. The number of aryl methyl sites for hydroxylation is 1. The minimum absolute atomic E-state index is 0.0213. The largest absolute Gasteiger partial charge is 0.321 e. The fraction of sp³-hybridized carbons (Fsp3) is 0.167. The third-order valence-electron chi connectivity index (χ3n) is 3.51. The first-order valence-electron chi connectivity index (χ1n) is 7.26. The van der Waals surface area contributed by atoms with Gasteiger partial charge in [0.05, 0.1) is 4.88 Å². The van der Waals surface area contributed by atoms with Crippen LogP contribution in [0.15, 0.2) is 53.0 Å². The van der Waals surface area contributed by atoms with E-state index in [1.807, 2.05) is 36.4 Å². The van der Waals surface area contributed by atoms with Gasteiger partial charge in [-0.05, 0) is 47.7 Å². The van der Waals surface area contributed by atoms with Crippen LogP contribution >= 0.6 is 27.3 Å². The number of benzene rings is 2. The second-order valence-corrected chi connectivity index (χ2v) is 7.08. The Morgan fingerprint density at radius 1 is 1.14 bits per heavy atom. The molecular weight excluding hydrogens is 358 g/mol. The molecule has 0 fully saturated rings. The summed E-state index contributed by atoms with van der Waals surface area (Å²) in [6.45, 7) is 2.14. The number of nitrogens with one attached hydrogen (secondary N) is 1. The Morgan fingerprint density at radius 3 is 2.59 bits per heavy atom. The van der Waals surface area contributed by atoms with Crippen LogP contribution < -0.4 is 5.32 Å². The maximum absolute atomic E-state index is 12.7. The first kappa shape index (κ1) is 15.3. The molecule has 0 bridgehead atoms. The molecule has 2 aromatic carbocycles. The van der Waals surface area contributed by atoms with Crippen molar-refractivity contribution in [2.24, 2.45) is 0 Å². The highest BCUT2D eigenvalue weighted by atomic mass is 79.9. The lowest BCUT2D eigenvalue weighted by atomic mass is 10.1. The molecule has 1 aromatic heterocycles. The highest BCUT2D eigenvalue weighted by molar-refractivity contribution is 9.10. The Balaban J connectivity index is 1.96. The number of anilines is 1. The molecule has 0 aliphatic rings. The Bertz CT molecular complexity index is 808. The van der Waals surface area contributed by atoms with Gasteiger partial charge in [0.15, 0.2) is 0 Å². The van der Waals surface area contributed by atoms with Crippen molar-refractivity contribution in [1.29, 1.82) is 0 Å². The molecule has 0 saturated heterocycles. The quantitative estimate of drug-likeness (QED) is 0.608. The van der Waals surface area contributed by atoms with Crippen molar-refractivity contribution in [3.63, 3.8) is 0 Å². The fourth-order valence-electron chi connectivity index (χ4n) is 2.50. The van der Waals surface area contributed by atoms with E-state index in [2.05, 4.69) is 40.3 Å². The van der Waals surface area contributed by atoms with Gasteiger partial charge >= 0.3 is 0 Å². The first-order chi connectivity index (χ1) is 10.7. The molecule has 3 rings (SSSR count). The van der Waals surface area contributed by atoms with Gasteiger partial charge < -0.3 is 5.32 Å². The van der Waals surface area contributed by atoms with Gasteiger partial charge in [-0.25, -0.2) is 0 Å². The molecule has 1 N–H and O–H groups in total. The van der Waals surface area contributed by atoms with Gasteiger partial charge in [0.1, 0.15) is 0 Å². The molecule has 0 saturated carbocycles. The minimum Gasteiger partial charge on any atom is -0.321 e. The van der Waals surface area contributed by atoms with Crippen molar-refractivity contribution in [3.05, 3.63) is 63.4 Å². The van der Waals surface area contributed by atoms with Crippen molar-refractivity contribution < 1.29 is 4.79 Å². The summed E-state index contributed by atoms with van der Waals surface area (Å²) in [6, 6.07) is 15.9. The fourth-order valence-corrected chi connectivity index (χ4v) is 3.91. The van der Waals surface area contributed by atoms with Gasteiger partial charge in [-0.3, -0.25) is 4.79 Å². The van der Waals surface area contributed by atoms with E-state index in [0.717, 1.165) is 33.4 Å². The minimum atomic E-state index is -0.0213. The zero-order chi connectivity index (χ0) is 15.5. The maximum atomic E-state index is 12.7. The number of hydrogen-bond donors (Lipinski definition) is 1. The summed E-state index contributed by atoms with van der Waals surface area (Å²) in [5.74, 6) is -0.0213. The second kappa shape index (κ2) is 6.63. The van der Waals surface area contributed by atoms with E-state index in [-0.39, 0.29) is 5.91 Å². The standard InChI is InChI=1S/C18H16BrNOS/c1-2-5-15-14-6-3-4-7-16(14)22-17(15)18(21)20-13-10-8-12(19)9-11-13/h3-4,6-11H,2,5H2,1H3,(H,20,21). The van der Waals surface area contributed by atoms with Crippen LogP contribution in [0.2, 0.25) is 0 Å². The van der Waals surface area contributed by atoms with Crippen LogP contribution in [0.4, 0.5) is 5.69 Å². The van der Waals surface area contributed by atoms with Crippen molar-refractivity contribution in [2.45, 2.75) is 19.8 Å². The second-order valence-electron chi connectivity index (χ2n) is 5.12. The Morgan fingerprint density at radius 2 is 1.86 bits per heavy atom. The highest BCUT2D eigenvalue weighted by Gasteiger charge is 2.17. The number of halogens is 1. The predicted molar refractivity (Wildman–Crippen MR) is 97.9 cm³/mol. The van der Waals surface area contributed by atoms with Crippen molar-refractivity contribution in [1.82, 2.24) is 0 Å². The summed E-state index contributed by atoms with van der Waals surface area (Å²) in [6.07, 6.45) is 1.95. The molecule has 0 aliphatic carbocycles. The van der Waals surface area contributed by atoms with Crippen molar-refractivity contribution in [2.75, 3.05) is 5.32 Å². The van der Waals surface area contributed by atoms with Crippen LogP contribution in [0.25, 0.3) is 10.1 Å². The number of thiophene rings is 1. The maximum Gasteiger partial charge on any atom is 0.266 e. The molecule has 1 amide bonds. The summed E-state index contributed by atoms with van der Waals surface area (Å²) in [7, 11) is 0. The van der Waals surface area contributed by atoms with Crippen LogP contribution in [0, 0.1) is 0 Å². The van der Waals surface area contributed by atoms with Crippen LogP contribution in [-0.4, -0.2) is 5.91 Å². The van der Waals surface area contributed by atoms with E-state index >= 15 is 0 Å². The van der Waals surface area contributed by atoms with Crippen molar-refractivity contribution in [3.8, 4) is 0 Å². The topological polar surface area (TPSA) is 29.1 Å². The number of amides is 1. The molecule has 3 aromatic rings. The number of hydrogen-bond acceptors (Lipinski definition) is 2. The average molecular weight is 374 g/mol. The lowest BCUT2D eigenvalue weighted by Crippen LogP contribution is -2.12. The number of carbonyl (C=O) groups is 1. The third kappa shape index (κ3) is 3.08. The summed E-state index contributed by atoms with van der Waals surface area (Å²) >= 11 is 4.97.